The maximum absolute atomic E-state index is 4.20. The Labute approximate surface area is 84.3 Å². The summed E-state index contributed by atoms with van der Waals surface area (Å²) >= 11 is 0. The maximum Gasteiger partial charge on any atom is 0.129 e. The van der Waals surface area contributed by atoms with Crippen molar-refractivity contribution in [2.75, 3.05) is 5.32 Å². The van der Waals surface area contributed by atoms with Gasteiger partial charge in [0.05, 0.1) is 0 Å². The fourth-order valence-electron chi connectivity index (χ4n) is 1.61. The second kappa shape index (κ2) is 4.22. The van der Waals surface area contributed by atoms with E-state index >= 15 is 0 Å². The van der Waals surface area contributed by atoms with E-state index in [1.165, 1.54) is 0 Å². The predicted molar refractivity (Wildman–Crippen MR) is 57.2 cm³/mol. The van der Waals surface area contributed by atoms with Gasteiger partial charge in [-0.1, -0.05) is 19.1 Å². The van der Waals surface area contributed by atoms with Crippen molar-refractivity contribution >= 4 is 5.82 Å². The van der Waals surface area contributed by atoms with E-state index in [1.807, 2.05) is 6.07 Å². The van der Waals surface area contributed by atoms with Gasteiger partial charge in [0.25, 0.3) is 0 Å². The molecule has 2 rings (SSSR count). The smallest absolute Gasteiger partial charge is 0.129 e. The number of nitrogens with zero attached hydrogens (tertiary/aromatic N) is 2. The summed E-state index contributed by atoms with van der Waals surface area (Å²) < 4.78 is 0. The van der Waals surface area contributed by atoms with Crippen LogP contribution >= 0.6 is 0 Å². The SMILES string of the molecule is CCc1cc(NC2CC=CC2)ncn1. The zero-order chi connectivity index (χ0) is 9.80. The third kappa shape index (κ3) is 2.10. The average molecular weight is 189 g/mol. The highest BCUT2D eigenvalue weighted by Gasteiger charge is 2.10. The van der Waals surface area contributed by atoms with E-state index in [-0.39, 0.29) is 0 Å². The lowest BCUT2D eigenvalue weighted by Crippen LogP contribution is -2.16. The number of aryl methyl sites for hydroxylation is 1. The largest absolute Gasteiger partial charge is 0.367 e. The van der Waals surface area contributed by atoms with E-state index in [9.17, 15) is 0 Å². The summed E-state index contributed by atoms with van der Waals surface area (Å²) in [5, 5.41) is 3.40. The van der Waals surface area contributed by atoms with Crippen molar-refractivity contribution < 1.29 is 0 Å². The van der Waals surface area contributed by atoms with Crippen molar-refractivity contribution in [1.82, 2.24) is 9.97 Å². The first-order chi connectivity index (χ1) is 6.88. The van der Waals surface area contributed by atoms with Crippen LogP contribution in [0.25, 0.3) is 0 Å². The molecule has 1 N–H and O–H groups in total. The summed E-state index contributed by atoms with van der Waals surface area (Å²) in [4.78, 5) is 8.37. The van der Waals surface area contributed by atoms with Crippen LogP contribution in [0.2, 0.25) is 0 Å². The number of hydrogen-bond acceptors (Lipinski definition) is 3. The molecule has 0 fully saturated rings. The molecule has 0 unspecified atom stereocenters. The molecule has 1 aliphatic rings. The van der Waals surface area contributed by atoms with Gasteiger partial charge in [-0.25, -0.2) is 9.97 Å². The minimum absolute atomic E-state index is 0.523. The van der Waals surface area contributed by atoms with Gasteiger partial charge >= 0.3 is 0 Å². The van der Waals surface area contributed by atoms with E-state index in [2.05, 4.69) is 34.4 Å². The lowest BCUT2D eigenvalue weighted by Gasteiger charge is -2.12. The van der Waals surface area contributed by atoms with Crippen LogP contribution in [0.5, 0.6) is 0 Å². The normalized spacial score (nSPS) is 16.1. The van der Waals surface area contributed by atoms with Gasteiger partial charge in [-0.15, -0.1) is 0 Å². The van der Waals surface area contributed by atoms with Gasteiger partial charge < -0.3 is 5.32 Å². The maximum atomic E-state index is 4.20. The second-order valence-electron chi connectivity index (χ2n) is 3.53. The zero-order valence-corrected chi connectivity index (χ0v) is 8.40. The molecule has 3 nitrogen and oxygen atoms in total. The van der Waals surface area contributed by atoms with Gasteiger partial charge in [-0.05, 0) is 19.3 Å². The molecule has 0 bridgehead atoms. The van der Waals surface area contributed by atoms with E-state index in [0.717, 1.165) is 30.8 Å². The Balaban J connectivity index is 2.01. The van der Waals surface area contributed by atoms with Gasteiger partial charge in [0, 0.05) is 17.8 Å². The van der Waals surface area contributed by atoms with Crippen LogP contribution in [0.3, 0.4) is 0 Å². The molecule has 0 atom stereocenters. The monoisotopic (exact) mass is 189 g/mol. The van der Waals surface area contributed by atoms with Crippen LogP contribution in [0.1, 0.15) is 25.5 Å². The molecule has 0 radical (unpaired) electrons. The first-order valence-electron chi connectivity index (χ1n) is 5.11. The minimum atomic E-state index is 0.523. The minimum Gasteiger partial charge on any atom is -0.367 e. The van der Waals surface area contributed by atoms with Crippen molar-refractivity contribution in [3.05, 3.63) is 30.2 Å². The highest BCUT2D eigenvalue weighted by Crippen LogP contribution is 2.15. The Morgan fingerprint density at radius 3 is 2.86 bits per heavy atom. The first kappa shape index (κ1) is 9.19. The van der Waals surface area contributed by atoms with Crippen LogP contribution in [0.4, 0.5) is 5.82 Å². The van der Waals surface area contributed by atoms with Crippen molar-refractivity contribution in [3.8, 4) is 0 Å². The lowest BCUT2D eigenvalue weighted by molar-refractivity contribution is 0.778. The van der Waals surface area contributed by atoms with Crippen molar-refractivity contribution in [2.45, 2.75) is 32.2 Å². The number of nitrogens with one attached hydrogen (secondary N) is 1. The molecule has 0 aliphatic heterocycles. The van der Waals surface area contributed by atoms with Crippen molar-refractivity contribution in [3.63, 3.8) is 0 Å². The Morgan fingerprint density at radius 1 is 1.36 bits per heavy atom. The van der Waals surface area contributed by atoms with Gasteiger partial charge in [-0.2, -0.15) is 0 Å². The second-order valence-corrected chi connectivity index (χ2v) is 3.53. The molecular weight excluding hydrogens is 174 g/mol. The van der Waals surface area contributed by atoms with Crippen LogP contribution < -0.4 is 5.32 Å². The summed E-state index contributed by atoms with van der Waals surface area (Å²) in [5.74, 6) is 0.950. The van der Waals surface area contributed by atoms with Gasteiger partial charge in [-0.3, -0.25) is 0 Å². The number of hydrogen-bond donors (Lipinski definition) is 1. The summed E-state index contributed by atoms with van der Waals surface area (Å²) in [7, 11) is 0. The molecule has 3 heteroatoms. The fraction of sp³-hybridized carbons (Fsp3) is 0.455. The topological polar surface area (TPSA) is 37.8 Å². The molecule has 1 aromatic heterocycles. The molecule has 74 valence electrons. The standard InChI is InChI=1S/C11H15N3/c1-2-9-7-11(13-8-12-9)14-10-5-3-4-6-10/h3-4,7-8,10H,2,5-6H2,1H3,(H,12,13,14). The summed E-state index contributed by atoms with van der Waals surface area (Å²) in [6.07, 6.45) is 9.21. The van der Waals surface area contributed by atoms with Crippen LogP contribution in [-0.2, 0) is 6.42 Å². The highest BCUT2D eigenvalue weighted by molar-refractivity contribution is 5.37. The van der Waals surface area contributed by atoms with Gasteiger partial charge in [0.1, 0.15) is 12.1 Å². The van der Waals surface area contributed by atoms with Gasteiger partial charge in [0.15, 0.2) is 0 Å². The summed E-state index contributed by atoms with van der Waals surface area (Å²) in [6, 6.07) is 2.55. The molecule has 0 spiro atoms. The summed E-state index contributed by atoms with van der Waals surface area (Å²) in [6.45, 7) is 2.10. The zero-order valence-electron chi connectivity index (χ0n) is 8.40. The highest BCUT2D eigenvalue weighted by atomic mass is 15.0. The average Bonchev–Trinajstić information content (AvgIpc) is 2.71. The molecular formula is C11H15N3. The van der Waals surface area contributed by atoms with E-state index in [4.69, 9.17) is 0 Å². The first-order valence-corrected chi connectivity index (χ1v) is 5.11. The molecule has 1 aliphatic carbocycles. The van der Waals surface area contributed by atoms with E-state index < -0.39 is 0 Å². The number of anilines is 1. The van der Waals surface area contributed by atoms with Gasteiger partial charge in [0.2, 0.25) is 0 Å². The molecule has 0 saturated heterocycles. The van der Waals surface area contributed by atoms with E-state index in [1.54, 1.807) is 6.33 Å². The Kier molecular flexibility index (Phi) is 2.77. The third-order valence-corrected chi connectivity index (χ3v) is 2.45. The van der Waals surface area contributed by atoms with Crippen LogP contribution in [-0.4, -0.2) is 16.0 Å². The number of rotatable bonds is 3. The predicted octanol–water partition coefficient (Wildman–Crippen LogP) is 2.17. The van der Waals surface area contributed by atoms with Crippen LogP contribution in [0, 0.1) is 0 Å². The van der Waals surface area contributed by atoms with Crippen molar-refractivity contribution in [1.29, 1.82) is 0 Å². The molecule has 0 aromatic carbocycles. The number of aromatic nitrogens is 2. The fourth-order valence-corrected chi connectivity index (χ4v) is 1.61. The quantitative estimate of drug-likeness (QED) is 0.740. The Morgan fingerprint density at radius 2 is 2.14 bits per heavy atom. The molecule has 0 amide bonds. The summed E-state index contributed by atoms with van der Waals surface area (Å²) in [5.41, 5.74) is 1.09. The molecule has 0 saturated carbocycles. The van der Waals surface area contributed by atoms with Crippen LogP contribution in [0.15, 0.2) is 24.5 Å². The molecule has 1 aromatic rings. The van der Waals surface area contributed by atoms with Crippen molar-refractivity contribution in [2.24, 2.45) is 0 Å². The molecule has 14 heavy (non-hydrogen) atoms. The Bertz CT molecular complexity index is 325. The molecule has 1 heterocycles. The Hall–Kier alpha value is -1.38. The third-order valence-electron chi connectivity index (χ3n) is 2.45. The lowest BCUT2D eigenvalue weighted by atomic mass is 10.2. The van der Waals surface area contributed by atoms with E-state index in [0.29, 0.717) is 6.04 Å².